The number of phenols is 1. The number of carbonyl (C=O) groups excluding carboxylic acids is 1. The van der Waals surface area contributed by atoms with Crippen molar-refractivity contribution in [2.75, 3.05) is 0 Å². The molecule has 0 amide bonds. The molecule has 0 bridgehead atoms. The van der Waals surface area contributed by atoms with Gasteiger partial charge in [0.1, 0.15) is 11.6 Å². The molecular weight excluding hydrogens is 305 g/mol. The van der Waals surface area contributed by atoms with Gasteiger partial charge in [-0.3, -0.25) is 9.79 Å². The summed E-state index contributed by atoms with van der Waals surface area (Å²) >= 11 is 0. The number of phenolic OH excluding ortho intramolecular Hbond substituents is 1. The fraction of sp³-hybridized carbons (Fsp3) is 0. The number of hydrogen-bond donors (Lipinski definition) is 1. The highest BCUT2D eigenvalue weighted by Crippen LogP contribution is 2.19. The highest BCUT2D eigenvalue weighted by molar-refractivity contribution is 6.09. The van der Waals surface area contributed by atoms with Crippen LogP contribution < -0.4 is 0 Å². The van der Waals surface area contributed by atoms with Crippen molar-refractivity contribution in [3.8, 4) is 5.75 Å². The molecule has 0 aliphatic heterocycles. The molecule has 24 heavy (non-hydrogen) atoms. The summed E-state index contributed by atoms with van der Waals surface area (Å²) in [7, 11) is 0. The van der Waals surface area contributed by atoms with E-state index in [-0.39, 0.29) is 11.5 Å². The fourth-order valence-electron chi connectivity index (χ4n) is 2.23. The Labute approximate surface area is 138 Å². The molecule has 118 valence electrons. The Hall–Kier alpha value is -3.27. The Balaban J connectivity index is 1.79. The normalized spacial score (nSPS) is 10.9. The van der Waals surface area contributed by atoms with E-state index in [2.05, 4.69) is 4.99 Å². The molecule has 0 unspecified atom stereocenters. The van der Waals surface area contributed by atoms with E-state index in [1.165, 1.54) is 24.4 Å². The largest absolute Gasteiger partial charge is 0.507 e. The summed E-state index contributed by atoms with van der Waals surface area (Å²) in [5.74, 6) is -0.553. The van der Waals surface area contributed by atoms with Crippen LogP contribution in [0.4, 0.5) is 10.1 Å². The molecule has 0 radical (unpaired) electrons. The number of aliphatic imine (C=N–C) groups is 1. The van der Waals surface area contributed by atoms with Gasteiger partial charge in [0, 0.05) is 22.9 Å². The number of benzene rings is 3. The maximum absolute atomic E-state index is 13.2. The van der Waals surface area contributed by atoms with Gasteiger partial charge in [-0.1, -0.05) is 30.3 Å². The van der Waals surface area contributed by atoms with E-state index in [1.807, 2.05) is 18.2 Å². The molecule has 0 aromatic heterocycles. The molecule has 3 rings (SSSR count). The van der Waals surface area contributed by atoms with Crippen molar-refractivity contribution >= 4 is 17.7 Å². The van der Waals surface area contributed by atoms with Crippen LogP contribution in [0.2, 0.25) is 0 Å². The molecule has 0 fully saturated rings. The SMILES string of the molecule is O=C(c1ccccc1)c1ccc(N=Cc2cc(F)ccc2O)cc1. The molecule has 3 aromatic carbocycles. The molecule has 1 N–H and O–H groups in total. The van der Waals surface area contributed by atoms with Gasteiger partial charge >= 0.3 is 0 Å². The maximum atomic E-state index is 13.2. The van der Waals surface area contributed by atoms with Crippen LogP contribution in [0.3, 0.4) is 0 Å². The smallest absolute Gasteiger partial charge is 0.193 e. The minimum absolute atomic E-state index is 0.0453. The van der Waals surface area contributed by atoms with Gasteiger partial charge < -0.3 is 5.11 Å². The highest BCUT2D eigenvalue weighted by Gasteiger charge is 2.07. The predicted molar refractivity (Wildman–Crippen MR) is 91.6 cm³/mol. The lowest BCUT2D eigenvalue weighted by molar-refractivity contribution is 0.103. The zero-order valence-electron chi connectivity index (χ0n) is 12.7. The first-order valence-corrected chi connectivity index (χ1v) is 7.36. The van der Waals surface area contributed by atoms with E-state index in [9.17, 15) is 14.3 Å². The Morgan fingerprint density at radius 1 is 0.917 bits per heavy atom. The van der Waals surface area contributed by atoms with Crippen LogP contribution >= 0.6 is 0 Å². The average molecular weight is 319 g/mol. The van der Waals surface area contributed by atoms with Gasteiger partial charge in [-0.2, -0.15) is 0 Å². The molecule has 3 aromatic rings. The Kier molecular flexibility index (Phi) is 4.47. The number of rotatable bonds is 4. The number of halogens is 1. The zero-order valence-corrected chi connectivity index (χ0v) is 12.7. The van der Waals surface area contributed by atoms with Gasteiger partial charge in [-0.15, -0.1) is 0 Å². The molecule has 4 heteroatoms. The second-order valence-corrected chi connectivity index (χ2v) is 5.20. The molecule has 0 saturated heterocycles. The Morgan fingerprint density at radius 3 is 2.29 bits per heavy atom. The first-order valence-electron chi connectivity index (χ1n) is 7.36. The van der Waals surface area contributed by atoms with Crippen LogP contribution in [0.5, 0.6) is 5.75 Å². The van der Waals surface area contributed by atoms with Crippen molar-refractivity contribution in [1.29, 1.82) is 0 Å². The van der Waals surface area contributed by atoms with E-state index in [1.54, 1.807) is 36.4 Å². The first-order chi connectivity index (χ1) is 11.6. The van der Waals surface area contributed by atoms with Crippen molar-refractivity contribution in [1.82, 2.24) is 0 Å². The van der Waals surface area contributed by atoms with Crippen molar-refractivity contribution in [3.05, 3.63) is 95.3 Å². The minimum Gasteiger partial charge on any atom is -0.507 e. The quantitative estimate of drug-likeness (QED) is 0.568. The highest BCUT2D eigenvalue weighted by atomic mass is 19.1. The number of hydrogen-bond acceptors (Lipinski definition) is 3. The van der Waals surface area contributed by atoms with Crippen LogP contribution in [-0.4, -0.2) is 17.1 Å². The first kappa shape index (κ1) is 15.6. The van der Waals surface area contributed by atoms with Crippen LogP contribution in [0.15, 0.2) is 77.8 Å². The maximum Gasteiger partial charge on any atom is 0.193 e. The van der Waals surface area contributed by atoms with Crippen molar-refractivity contribution < 1.29 is 14.3 Å². The average Bonchev–Trinajstić information content (AvgIpc) is 2.63. The zero-order chi connectivity index (χ0) is 16.9. The predicted octanol–water partition coefficient (Wildman–Crippen LogP) is 4.51. The number of ketones is 1. The van der Waals surface area contributed by atoms with Gasteiger partial charge in [0.2, 0.25) is 0 Å². The van der Waals surface area contributed by atoms with Crippen LogP contribution in [0.1, 0.15) is 21.5 Å². The van der Waals surface area contributed by atoms with Gasteiger partial charge in [-0.25, -0.2) is 4.39 Å². The third-order valence-electron chi connectivity index (χ3n) is 3.51. The van der Waals surface area contributed by atoms with Crippen LogP contribution in [0, 0.1) is 5.82 Å². The lowest BCUT2D eigenvalue weighted by Crippen LogP contribution is -2.00. The molecular formula is C20H14FNO2. The van der Waals surface area contributed by atoms with Gasteiger partial charge in [0.15, 0.2) is 5.78 Å². The van der Waals surface area contributed by atoms with Crippen molar-refractivity contribution in [2.24, 2.45) is 4.99 Å². The third kappa shape index (κ3) is 3.55. The van der Waals surface area contributed by atoms with Crippen LogP contribution in [-0.2, 0) is 0 Å². The molecule has 0 atom stereocenters. The van der Waals surface area contributed by atoms with E-state index in [4.69, 9.17) is 0 Å². The van der Waals surface area contributed by atoms with Crippen molar-refractivity contribution in [2.45, 2.75) is 0 Å². The summed E-state index contributed by atoms with van der Waals surface area (Å²) in [6.07, 6.45) is 1.38. The molecule has 0 saturated carbocycles. The number of aromatic hydroxyl groups is 1. The van der Waals surface area contributed by atoms with E-state index in [0.717, 1.165) is 0 Å². The lowest BCUT2D eigenvalue weighted by Gasteiger charge is -2.02. The summed E-state index contributed by atoms with van der Waals surface area (Å²) in [6.45, 7) is 0. The molecule has 0 heterocycles. The number of nitrogens with zero attached hydrogens (tertiary/aromatic N) is 1. The number of carbonyl (C=O) groups is 1. The topological polar surface area (TPSA) is 49.7 Å². The van der Waals surface area contributed by atoms with E-state index < -0.39 is 5.82 Å². The lowest BCUT2D eigenvalue weighted by atomic mass is 10.0. The van der Waals surface area contributed by atoms with Gasteiger partial charge in [0.05, 0.1) is 5.69 Å². The van der Waals surface area contributed by atoms with E-state index in [0.29, 0.717) is 22.4 Å². The molecule has 0 aliphatic carbocycles. The van der Waals surface area contributed by atoms with Gasteiger partial charge in [0.25, 0.3) is 0 Å². The van der Waals surface area contributed by atoms with Crippen molar-refractivity contribution in [3.63, 3.8) is 0 Å². The minimum atomic E-state index is -0.446. The summed E-state index contributed by atoms with van der Waals surface area (Å²) in [6, 6.07) is 19.4. The Morgan fingerprint density at radius 2 is 1.58 bits per heavy atom. The van der Waals surface area contributed by atoms with Gasteiger partial charge in [-0.05, 0) is 42.5 Å². The summed E-state index contributed by atoms with van der Waals surface area (Å²) in [5.41, 5.74) is 2.08. The summed E-state index contributed by atoms with van der Waals surface area (Å²) in [5, 5.41) is 9.65. The second kappa shape index (κ2) is 6.87. The summed E-state index contributed by atoms with van der Waals surface area (Å²) < 4.78 is 13.2. The summed E-state index contributed by atoms with van der Waals surface area (Å²) in [4.78, 5) is 16.5. The third-order valence-corrected chi connectivity index (χ3v) is 3.51. The standard InChI is InChI=1S/C20H14FNO2/c21-17-8-11-19(23)16(12-17)13-22-18-9-6-15(7-10-18)20(24)14-4-2-1-3-5-14/h1-13,23H. The van der Waals surface area contributed by atoms with E-state index >= 15 is 0 Å². The molecule has 0 spiro atoms. The fourth-order valence-corrected chi connectivity index (χ4v) is 2.23. The second-order valence-electron chi connectivity index (χ2n) is 5.20. The Bertz CT molecular complexity index is 887. The monoisotopic (exact) mass is 319 g/mol. The molecule has 3 nitrogen and oxygen atoms in total. The molecule has 0 aliphatic rings. The van der Waals surface area contributed by atoms with Crippen LogP contribution in [0.25, 0.3) is 0 Å².